The normalized spacial score (nSPS) is 26.9. The second kappa shape index (κ2) is 4.23. The molecule has 74 valence electrons. The third-order valence-corrected chi connectivity index (χ3v) is 2.15. The molecule has 1 aliphatic rings. The lowest BCUT2D eigenvalue weighted by Gasteiger charge is -2.06. The molecule has 0 aromatic rings. The van der Waals surface area contributed by atoms with Crippen LogP contribution in [0.15, 0.2) is 0 Å². The van der Waals surface area contributed by atoms with Gasteiger partial charge in [-0.2, -0.15) is 0 Å². The Labute approximate surface area is 76.4 Å². The van der Waals surface area contributed by atoms with Gasteiger partial charge in [0.1, 0.15) is 6.04 Å². The molecule has 13 heavy (non-hydrogen) atoms. The summed E-state index contributed by atoms with van der Waals surface area (Å²) in [4.78, 5) is 22.1. The average Bonchev–Trinajstić information content (AvgIpc) is 2.64. The van der Waals surface area contributed by atoms with Crippen LogP contribution < -0.4 is 5.32 Å². The van der Waals surface area contributed by atoms with Crippen molar-refractivity contribution in [3.63, 3.8) is 0 Å². The van der Waals surface area contributed by atoms with Crippen LogP contribution in [0.25, 0.3) is 0 Å². The molecule has 0 aliphatic carbocycles. The van der Waals surface area contributed by atoms with Crippen LogP contribution in [0.2, 0.25) is 0 Å². The van der Waals surface area contributed by atoms with Crippen molar-refractivity contribution in [3.05, 3.63) is 0 Å². The molecular formula is C8H13NO4. The summed E-state index contributed by atoms with van der Waals surface area (Å²) in [6.07, 6.45) is 0.458. The Morgan fingerprint density at radius 1 is 1.23 bits per heavy atom. The zero-order valence-corrected chi connectivity index (χ0v) is 7.70. The topological polar surface area (TPSA) is 64.6 Å². The van der Waals surface area contributed by atoms with Gasteiger partial charge in [-0.15, -0.1) is 0 Å². The Morgan fingerprint density at radius 2 is 1.85 bits per heavy atom. The van der Waals surface area contributed by atoms with E-state index in [1.165, 1.54) is 14.2 Å². The van der Waals surface area contributed by atoms with E-state index in [1.807, 2.05) is 0 Å². The van der Waals surface area contributed by atoms with E-state index in [0.29, 0.717) is 13.0 Å². The number of methoxy groups -OCH3 is 2. The molecule has 1 aliphatic heterocycles. The maximum absolute atomic E-state index is 11.1. The van der Waals surface area contributed by atoms with Gasteiger partial charge >= 0.3 is 11.9 Å². The van der Waals surface area contributed by atoms with Gasteiger partial charge in [-0.05, 0) is 6.42 Å². The minimum atomic E-state index is -0.367. The first-order chi connectivity index (χ1) is 6.19. The highest BCUT2D eigenvalue weighted by Gasteiger charge is 2.34. The molecule has 0 spiro atoms. The molecule has 0 aromatic carbocycles. The fraction of sp³-hybridized carbons (Fsp3) is 0.750. The highest BCUT2D eigenvalue weighted by atomic mass is 16.5. The zero-order chi connectivity index (χ0) is 9.84. The highest BCUT2D eigenvalue weighted by Crippen LogP contribution is 2.15. The number of esters is 2. The van der Waals surface area contributed by atoms with Crippen molar-refractivity contribution in [2.24, 2.45) is 5.92 Å². The fourth-order valence-corrected chi connectivity index (χ4v) is 1.40. The molecule has 1 rings (SSSR count). The summed E-state index contributed by atoms with van der Waals surface area (Å²) in [5.74, 6) is -0.834. The predicted molar refractivity (Wildman–Crippen MR) is 43.9 cm³/mol. The SMILES string of the molecule is COC(=O)[C@H]1CN[C@@H](C(=O)OC)C1. The molecule has 0 amide bonds. The summed E-state index contributed by atoms with van der Waals surface area (Å²) in [5.41, 5.74) is 0. The minimum absolute atomic E-state index is 0.228. The summed E-state index contributed by atoms with van der Waals surface area (Å²) in [6.45, 7) is 0.479. The van der Waals surface area contributed by atoms with E-state index < -0.39 is 0 Å². The lowest BCUT2D eigenvalue weighted by atomic mass is 10.1. The first kappa shape index (κ1) is 9.98. The molecule has 2 atom stereocenters. The number of ether oxygens (including phenoxy) is 2. The van der Waals surface area contributed by atoms with Crippen LogP contribution in [0.5, 0.6) is 0 Å². The molecule has 5 heteroatoms. The monoisotopic (exact) mass is 187 g/mol. The lowest BCUT2D eigenvalue weighted by Crippen LogP contribution is -2.31. The van der Waals surface area contributed by atoms with Crippen LogP contribution >= 0.6 is 0 Å². The molecule has 1 N–H and O–H groups in total. The summed E-state index contributed by atoms with van der Waals surface area (Å²) >= 11 is 0. The quantitative estimate of drug-likeness (QED) is 0.580. The van der Waals surface area contributed by atoms with E-state index in [-0.39, 0.29) is 23.9 Å². The fourth-order valence-electron chi connectivity index (χ4n) is 1.40. The lowest BCUT2D eigenvalue weighted by molar-refractivity contribution is -0.145. The predicted octanol–water partition coefficient (Wildman–Crippen LogP) is -0.690. The summed E-state index contributed by atoms with van der Waals surface area (Å²) < 4.78 is 9.11. The standard InChI is InChI=1S/C8H13NO4/c1-12-7(10)5-3-6(9-4-5)8(11)13-2/h5-6,9H,3-4H2,1-2H3/t5-,6-/m1/s1. The molecule has 1 saturated heterocycles. The van der Waals surface area contributed by atoms with Gasteiger partial charge < -0.3 is 14.8 Å². The van der Waals surface area contributed by atoms with Crippen molar-refractivity contribution in [3.8, 4) is 0 Å². The van der Waals surface area contributed by atoms with Gasteiger partial charge in [0.15, 0.2) is 0 Å². The van der Waals surface area contributed by atoms with Crippen molar-refractivity contribution in [2.75, 3.05) is 20.8 Å². The van der Waals surface area contributed by atoms with E-state index in [0.717, 1.165) is 0 Å². The number of carbonyl (C=O) groups is 2. The van der Waals surface area contributed by atoms with E-state index in [4.69, 9.17) is 0 Å². The van der Waals surface area contributed by atoms with Gasteiger partial charge in [0, 0.05) is 6.54 Å². The van der Waals surface area contributed by atoms with E-state index in [9.17, 15) is 9.59 Å². The average molecular weight is 187 g/mol. The molecule has 5 nitrogen and oxygen atoms in total. The highest BCUT2D eigenvalue weighted by molar-refractivity contribution is 5.79. The Bertz CT molecular complexity index is 194. The van der Waals surface area contributed by atoms with E-state index >= 15 is 0 Å². The second-order valence-electron chi connectivity index (χ2n) is 2.94. The van der Waals surface area contributed by atoms with Crippen molar-refractivity contribution in [1.29, 1.82) is 0 Å². The number of hydrogen-bond donors (Lipinski definition) is 1. The van der Waals surface area contributed by atoms with Crippen molar-refractivity contribution >= 4 is 11.9 Å². The molecule has 0 unspecified atom stereocenters. The number of hydrogen-bond acceptors (Lipinski definition) is 5. The molecular weight excluding hydrogens is 174 g/mol. The maximum Gasteiger partial charge on any atom is 0.322 e. The van der Waals surface area contributed by atoms with Crippen molar-refractivity contribution in [2.45, 2.75) is 12.5 Å². The molecule has 1 fully saturated rings. The third kappa shape index (κ3) is 2.18. The summed E-state index contributed by atoms with van der Waals surface area (Å²) in [7, 11) is 2.67. The van der Waals surface area contributed by atoms with Crippen LogP contribution in [-0.2, 0) is 19.1 Å². The molecule has 0 radical (unpaired) electrons. The van der Waals surface area contributed by atoms with Crippen LogP contribution in [0.1, 0.15) is 6.42 Å². The van der Waals surface area contributed by atoms with Gasteiger partial charge in [-0.1, -0.05) is 0 Å². The first-order valence-corrected chi connectivity index (χ1v) is 4.08. The Kier molecular flexibility index (Phi) is 3.25. The molecule has 1 heterocycles. The van der Waals surface area contributed by atoms with Gasteiger partial charge in [0.2, 0.25) is 0 Å². The summed E-state index contributed by atoms with van der Waals surface area (Å²) in [5, 5.41) is 2.90. The third-order valence-electron chi connectivity index (χ3n) is 2.15. The number of rotatable bonds is 2. The minimum Gasteiger partial charge on any atom is -0.469 e. The zero-order valence-electron chi connectivity index (χ0n) is 7.70. The Balaban J connectivity index is 2.44. The van der Waals surface area contributed by atoms with E-state index in [1.54, 1.807) is 0 Å². The number of nitrogens with one attached hydrogen (secondary N) is 1. The van der Waals surface area contributed by atoms with Crippen molar-refractivity contribution < 1.29 is 19.1 Å². The molecule has 0 bridgehead atoms. The molecule has 0 aromatic heterocycles. The Hall–Kier alpha value is -1.10. The largest absolute Gasteiger partial charge is 0.469 e. The number of carbonyl (C=O) groups excluding carboxylic acids is 2. The van der Waals surface area contributed by atoms with Gasteiger partial charge in [0.25, 0.3) is 0 Å². The van der Waals surface area contributed by atoms with Gasteiger partial charge in [-0.25, -0.2) is 0 Å². The van der Waals surface area contributed by atoms with Crippen molar-refractivity contribution in [1.82, 2.24) is 5.32 Å². The van der Waals surface area contributed by atoms with Gasteiger partial charge in [-0.3, -0.25) is 9.59 Å². The van der Waals surface area contributed by atoms with E-state index in [2.05, 4.69) is 14.8 Å². The van der Waals surface area contributed by atoms with Crippen LogP contribution in [0.3, 0.4) is 0 Å². The molecule has 0 saturated carbocycles. The van der Waals surface area contributed by atoms with Gasteiger partial charge in [0.05, 0.1) is 20.1 Å². The van der Waals surface area contributed by atoms with Crippen LogP contribution in [0.4, 0.5) is 0 Å². The Morgan fingerprint density at radius 3 is 2.38 bits per heavy atom. The van der Waals surface area contributed by atoms with Crippen LogP contribution in [0, 0.1) is 5.92 Å². The first-order valence-electron chi connectivity index (χ1n) is 4.08. The second-order valence-corrected chi connectivity index (χ2v) is 2.94. The smallest absolute Gasteiger partial charge is 0.322 e. The van der Waals surface area contributed by atoms with Crippen LogP contribution in [-0.4, -0.2) is 38.7 Å². The summed E-state index contributed by atoms with van der Waals surface area (Å²) in [6, 6.07) is -0.367. The maximum atomic E-state index is 11.1.